The van der Waals surface area contributed by atoms with E-state index in [0.29, 0.717) is 5.88 Å². The van der Waals surface area contributed by atoms with Gasteiger partial charge in [-0.15, -0.1) is 0 Å². The van der Waals surface area contributed by atoms with Crippen LogP contribution < -0.4 is 5.32 Å². The molecule has 1 amide bonds. The van der Waals surface area contributed by atoms with E-state index in [1.54, 1.807) is 0 Å². The van der Waals surface area contributed by atoms with Crippen molar-refractivity contribution < 1.29 is 14.7 Å². The van der Waals surface area contributed by atoms with E-state index in [2.05, 4.69) is 5.32 Å². The summed E-state index contributed by atoms with van der Waals surface area (Å²) >= 11 is 1.20. The van der Waals surface area contributed by atoms with E-state index < -0.39 is 5.97 Å². The minimum absolute atomic E-state index is 0.271. The lowest BCUT2D eigenvalue weighted by atomic mass is 10.5. The van der Waals surface area contributed by atoms with Crippen LogP contribution in [0, 0.1) is 0 Å². The largest absolute Gasteiger partial charge is 0.478 e. The third-order valence-electron chi connectivity index (χ3n) is 0.939. The number of hydrogen-bond acceptors (Lipinski definition) is 3. The molecule has 0 atom stereocenters. The Morgan fingerprint density at radius 2 is 2.50 bits per heavy atom. The highest BCUT2D eigenvalue weighted by Crippen LogP contribution is 2.19. The van der Waals surface area contributed by atoms with Crippen molar-refractivity contribution >= 4 is 23.6 Å². The van der Waals surface area contributed by atoms with Gasteiger partial charge in [0.15, 0.2) is 0 Å². The van der Waals surface area contributed by atoms with Crippen LogP contribution in [0.2, 0.25) is 0 Å². The van der Waals surface area contributed by atoms with Crippen LogP contribution in [0.3, 0.4) is 0 Å². The molecule has 4 nitrogen and oxygen atoms in total. The van der Waals surface area contributed by atoms with Crippen molar-refractivity contribution in [2.24, 2.45) is 0 Å². The lowest BCUT2D eigenvalue weighted by Gasteiger charge is -1.85. The van der Waals surface area contributed by atoms with Gasteiger partial charge in [0.25, 0.3) is 5.91 Å². The third-order valence-corrected chi connectivity index (χ3v) is 1.84. The number of nitrogens with one attached hydrogen (secondary N) is 1. The van der Waals surface area contributed by atoms with E-state index in [1.165, 1.54) is 11.8 Å². The number of thioether (sulfide) groups is 1. The maximum absolute atomic E-state index is 10.6. The SMILES string of the molecule is O=C(O)/C=C1\SCNC1=O. The number of carboxylic acid groups (broad SMARTS) is 1. The second kappa shape index (κ2) is 2.74. The van der Waals surface area contributed by atoms with Crippen molar-refractivity contribution in [2.45, 2.75) is 0 Å². The van der Waals surface area contributed by atoms with Crippen LogP contribution in [0.15, 0.2) is 11.0 Å². The van der Waals surface area contributed by atoms with Crippen molar-refractivity contribution in [1.29, 1.82) is 0 Å². The summed E-state index contributed by atoms with van der Waals surface area (Å²) in [4.78, 5) is 20.9. The van der Waals surface area contributed by atoms with E-state index in [0.717, 1.165) is 6.08 Å². The van der Waals surface area contributed by atoms with Gasteiger partial charge in [-0.2, -0.15) is 0 Å². The first-order chi connectivity index (χ1) is 4.70. The molecule has 0 radical (unpaired) electrons. The molecular formula is C5H5NO3S. The van der Waals surface area contributed by atoms with Crippen LogP contribution in [0.5, 0.6) is 0 Å². The van der Waals surface area contributed by atoms with Crippen molar-refractivity contribution in [2.75, 3.05) is 5.88 Å². The number of carbonyl (C=O) groups excluding carboxylic acids is 1. The Morgan fingerprint density at radius 3 is 2.90 bits per heavy atom. The van der Waals surface area contributed by atoms with Gasteiger partial charge in [-0.05, 0) is 0 Å². The fourth-order valence-corrected chi connectivity index (χ4v) is 1.30. The van der Waals surface area contributed by atoms with Gasteiger partial charge in [0.1, 0.15) is 0 Å². The van der Waals surface area contributed by atoms with Crippen LogP contribution >= 0.6 is 11.8 Å². The van der Waals surface area contributed by atoms with Gasteiger partial charge in [0.05, 0.1) is 10.8 Å². The summed E-state index contributed by atoms with van der Waals surface area (Å²) in [7, 11) is 0. The molecule has 0 aromatic carbocycles. The Morgan fingerprint density at radius 1 is 1.80 bits per heavy atom. The monoisotopic (exact) mass is 159 g/mol. The van der Waals surface area contributed by atoms with E-state index in [-0.39, 0.29) is 10.8 Å². The molecule has 0 unspecified atom stereocenters. The summed E-state index contributed by atoms with van der Waals surface area (Å²) in [6.07, 6.45) is 0.910. The highest BCUT2D eigenvalue weighted by molar-refractivity contribution is 8.04. The van der Waals surface area contributed by atoms with E-state index in [4.69, 9.17) is 5.11 Å². The first-order valence-electron chi connectivity index (χ1n) is 2.56. The fraction of sp³-hybridized carbons (Fsp3) is 0.200. The zero-order chi connectivity index (χ0) is 7.56. The van der Waals surface area contributed by atoms with Gasteiger partial charge in [-0.3, -0.25) is 4.79 Å². The van der Waals surface area contributed by atoms with Gasteiger partial charge in [0, 0.05) is 6.08 Å². The van der Waals surface area contributed by atoms with Crippen molar-refractivity contribution in [3.63, 3.8) is 0 Å². The quantitative estimate of drug-likeness (QED) is 0.519. The molecule has 1 aliphatic heterocycles. The van der Waals surface area contributed by atoms with Crippen LogP contribution in [0.4, 0.5) is 0 Å². The summed E-state index contributed by atoms with van der Waals surface area (Å²) < 4.78 is 0. The Hall–Kier alpha value is -0.970. The van der Waals surface area contributed by atoms with Gasteiger partial charge >= 0.3 is 5.97 Å². The molecular weight excluding hydrogens is 154 g/mol. The predicted octanol–water partition coefficient (Wildman–Crippen LogP) is -0.225. The molecule has 0 saturated carbocycles. The molecule has 10 heavy (non-hydrogen) atoms. The van der Waals surface area contributed by atoms with E-state index >= 15 is 0 Å². The highest BCUT2D eigenvalue weighted by Gasteiger charge is 2.17. The lowest BCUT2D eigenvalue weighted by molar-refractivity contribution is -0.131. The predicted molar refractivity (Wildman–Crippen MR) is 36.3 cm³/mol. The number of amides is 1. The van der Waals surface area contributed by atoms with Crippen LogP contribution in [-0.2, 0) is 9.59 Å². The summed E-state index contributed by atoms with van der Waals surface area (Å²) in [5.41, 5.74) is 0. The Balaban J connectivity index is 2.72. The van der Waals surface area contributed by atoms with Gasteiger partial charge < -0.3 is 10.4 Å². The third kappa shape index (κ3) is 1.51. The maximum atomic E-state index is 10.6. The molecule has 54 valence electrons. The number of carboxylic acids is 1. The van der Waals surface area contributed by atoms with Crippen molar-refractivity contribution in [1.82, 2.24) is 5.32 Å². The molecule has 1 fully saturated rings. The number of rotatable bonds is 1. The second-order valence-corrected chi connectivity index (χ2v) is 2.66. The molecule has 0 spiro atoms. The van der Waals surface area contributed by atoms with E-state index in [1.807, 2.05) is 0 Å². The normalized spacial score (nSPS) is 21.2. The molecule has 0 aromatic heterocycles. The van der Waals surface area contributed by atoms with Crippen LogP contribution in [0.1, 0.15) is 0 Å². The molecule has 0 aromatic rings. The van der Waals surface area contributed by atoms with Gasteiger partial charge in [0.2, 0.25) is 0 Å². The smallest absolute Gasteiger partial charge is 0.329 e. The average molecular weight is 159 g/mol. The molecule has 1 heterocycles. The highest BCUT2D eigenvalue weighted by atomic mass is 32.2. The molecule has 0 bridgehead atoms. The zero-order valence-corrected chi connectivity index (χ0v) is 5.77. The van der Waals surface area contributed by atoms with Crippen LogP contribution in [0.25, 0.3) is 0 Å². The Kier molecular flexibility index (Phi) is 1.96. The topological polar surface area (TPSA) is 66.4 Å². The lowest BCUT2D eigenvalue weighted by Crippen LogP contribution is -2.14. The molecule has 1 rings (SSSR count). The molecule has 1 saturated heterocycles. The van der Waals surface area contributed by atoms with Crippen molar-refractivity contribution in [3.05, 3.63) is 11.0 Å². The van der Waals surface area contributed by atoms with Gasteiger partial charge in [-0.25, -0.2) is 4.79 Å². The van der Waals surface area contributed by atoms with E-state index in [9.17, 15) is 9.59 Å². The first kappa shape index (κ1) is 7.14. The van der Waals surface area contributed by atoms with Crippen LogP contribution in [-0.4, -0.2) is 22.9 Å². The summed E-state index contributed by atoms with van der Waals surface area (Å²) in [6.45, 7) is 0. The summed E-state index contributed by atoms with van der Waals surface area (Å²) in [5.74, 6) is -0.912. The van der Waals surface area contributed by atoms with Crippen molar-refractivity contribution in [3.8, 4) is 0 Å². The fourth-order valence-electron chi connectivity index (χ4n) is 0.551. The molecule has 0 aliphatic carbocycles. The average Bonchev–Trinajstić information content (AvgIpc) is 2.15. The summed E-state index contributed by atoms with van der Waals surface area (Å²) in [5, 5.41) is 10.7. The first-order valence-corrected chi connectivity index (χ1v) is 3.54. The minimum Gasteiger partial charge on any atom is -0.478 e. The molecule has 2 N–H and O–H groups in total. The molecule has 1 aliphatic rings. The number of carbonyl (C=O) groups is 2. The number of hydrogen-bond donors (Lipinski definition) is 2. The second-order valence-electron chi connectivity index (χ2n) is 1.64. The standard InChI is InChI=1S/C5H5NO3S/c7-4(8)1-3-5(9)6-2-10-3/h1H,2H2,(H,6,9)(H,7,8)/b3-1-. The number of aliphatic carboxylic acids is 1. The van der Waals surface area contributed by atoms with Gasteiger partial charge in [-0.1, -0.05) is 11.8 Å². The zero-order valence-electron chi connectivity index (χ0n) is 4.96. The minimum atomic E-state index is -1.08. The Bertz CT molecular complexity index is 211. The maximum Gasteiger partial charge on any atom is 0.329 e. The molecule has 5 heteroatoms. The summed E-state index contributed by atoms with van der Waals surface area (Å²) in [6, 6.07) is 0. The Labute approximate surface area is 61.3 Å².